The fraction of sp³-hybridized carbons (Fsp3) is 0.455. The largest absolute Gasteiger partial charge is 0.274 e. The van der Waals surface area contributed by atoms with E-state index in [0.29, 0.717) is 12.3 Å². The number of likely N-dealkylation sites (tertiary alicyclic amines) is 1. The summed E-state index contributed by atoms with van der Waals surface area (Å²) in [5.41, 5.74) is 1.06. The summed E-state index contributed by atoms with van der Waals surface area (Å²) in [5, 5.41) is 1.93. The first kappa shape index (κ1) is 21.2. The van der Waals surface area contributed by atoms with Gasteiger partial charge >= 0.3 is 0 Å². The standard InChI is InChI=1S/C22H26N2O4S2/c1-4-19(20-6-5-11-29-20)24-21(25)17-12-23(13-18(17)22(24)26)30(27,28)16-9-7-15(8-10-16)14(2)3/h5-11,14,17-19H,4,12-13H2,1-3H3. The second-order valence-electron chi connectivity index (χ2n) is 8.24. The maximum atomic E-state index is 13.1. The molecule has 0 aliphatic carbocycles. The molecule has 2 amide bonds. The minimum Gasteiger partial charge on any atom is -0.274 e. The van der Waals surface area contributed by atoms with Crippen LogP contribution in [-0.2, 0) is 19.6 Å². The third-order valence-corrected chi connectivity index (χ3v) is 8.97. The van der Waals surface area contributed by atoms with Crippen LogP contribution in [0.3, 0.4) is 0 Å². The molecule has 2 aromatic rings. The van der Waals surface area contributed by atoms with E-state index in [2.05, 4.69) is 0 Å². The molecule has 3 heterocycles. The zero-order chi connectivity index (χ0) is 21.6. The van der Waals surface area contributed by atoms with Crippen LogP contribution in [0.4, 0.5) is 0 Å². The summed E-state index contributed by atoms with van der Waals surface area (Å²) >= 11 is 1.53. The average Bonchev–Trinajstić information content (AvgIpc) is 3.45. The van der Waals surface area contributed by atoms with E-state index in [1.165, 1.54) is 20.5 Å². The quantitative estimate of drug-likeness (QED) is 0.635. The van der Waals surface area contributed by atoms with Crippen molar-refractivity contribution in [1.82, 2.24) is 9.21 Å². The van der Waals surface area contributed by atoms with Gasteiger partial charge in [0.15, 0.2) is 0 Å². The Morgan fingerprint density at radius 3 is 2.10 bits per heavy atom. The van der Waals surface area contributed by atoms with Crippen LogP contribution in [0.5, 0.6) is 0 Å². The lowest BCUT2D eigenvalue weighted by Crippen LogP contribution is -2.39. The number of hydrogen-bond acceptors (Lipinski definition) is 5. The predicted molar refractivity (Wildman–Crippen MR) is 115 cm³/mol. The number of carbonyl (C=O) groups is 2. The lowest BCUT2D eigenvalue weighted by molar-refractivity contribution is -0.143. The minimum absolute atomic E-state index is 0.0564. The van der Waals surface area contributed by atoms with Crippen LogP contribution in [0.1, 0.15) is 49.6 Å². The molecule has 0 spiro atoms. The summed E-state index contributed by atoms with van der Waals surface area (Å²) in [6.45, 7) is 6.17. The van der Waals surface area contributed by atoms with Crippen LogP contribution in [0.15, 0.2) is 46.7 Å². The van der Waals surface area contributed by atoms with E-state index in [-0.39, 0.29) is 35.8 Å². The van der Waals surface area contributed by atoms with Crippen molar-refractivity contribution in [2.75, 3.05) is 13.1 Å². The lowest BCUT2D eigenvalue weighted by Gasteiger charge is -2.26. The summed E-state index contributed by atoms with van der Waals surface area (Å²) in [7, 11) is -3.74. The molecule has 160 valence electrons. The molecular formula is C22H26N2O4S2. The van der Waals surface area contributed by atoms with Crippen LogP contribution in [0, 0.1) is 11.8 Å². The van der Waals surface area contributed by atoms with Crippen molar-refractivity contribution in [1.29, 1.82) is 0 Å². The molecular weight excluding hydrogens is 420 g/mol. The minimum atomic E-state index is -3.74. The summed E-state index contributed by atoms with van der Waals surface area (Å²) < 4.78 is 27.5. The number of hydrogen-bond donors (Lipinski definition) is 0. The molecule has 6 nitrogen and oxygen atoms in total. The van der Waals surface area contributed by atoms with Gasteiger partial charge in [0, 0.05) is 18.0 Å². The third kappa shape index (κ3) is 3.40. The van der Waals surface area contributed by atoms with Gasteiger partial charge in [-0.05, 0) is 41.5 Å². The van der Waals surface area contributed by atoms with Crippen molar-refractivity contribution in [3.63, 3.8) is 0 Å². The summed E-state index contributed by atoms with van der Waals surface area (Å²) in [6, 6.07) is 10.4. The van der Waals surface area contributed by atoms with Crippen molar-refractivity contribution in [2.45, 2.75) is 44.0 Å². The fourth-order valence-corrected chi connectivity index (χ4v) is 6.80. The van der Waals surface area contributed by atoms with Gasteiger partial charge in [0.2, 0.25) is 21.8 Å². The van der Waals surface area contributed by atoms with Gasteiger partial charge in [-0.25, -0.2) is 8.42 Å². The zero-order valence-corrected chi connectivity index (χ0v) is 18.9. The molecule has 1 aromatic carbocycles. The Balaban J connectivity index is 1.55. The topological polar surface area (TPSA) is 74.8 Å². The van der Waals surface area contributed by atoms with Gasteiger partial charge < -0.3 is 0 Å². The normalized spacial score (nSPS) is 23.4. The van der Waals surface area contributed by atoms with E-state index in [0.717, 1.165) is 10.4 Å². The van der Waals surface area contributed by atoms with E-state index < -0.39 is 21.9 Å². The van der Waals surface area contributed by atoms with Gasteiger partial charge in [0.1, 0.15) is 0 Å². The van der Waals surface area contributed by atoms with Crippen LogP contribution in [-0.4, -0.2) is 42.5 Å². The molecule has 8 heteroatoms. The van der Waals surface area contributed by atoms with Gasteiger partial charge in [-0.3, -0.25) is 14.5 Å². The monoisotopic (exact) mass is 446 g/mol. The number of carbonyl (C=O) groups excluding carboxylic acids is 2. The Morgan fingerprint density at radius 1 is 1.03 bits per heavy atom. The molecule has 4 rings (SSSR count). The zero-order valence-electron chi connectivity index (χ0n) is 17.3. The van der Waals surface area contributed by atoms with E-state index in [9.17, 15) is 18.0 Å². The lowest BCUT2D eigenvalue weighted by atomic mass is 10.00. The molecule has 2 aliphatic heterocycles. The number of fused-ring (bicyclic) bond motifs is 1. The molecule has 0 saturated carbocycles. The first-order valence-corrected chi connectivity index (χ1v) is 12.6. The second-order valence-corrected chi connectivity index (χ2v) is 11.2. The van der Waals surface area contributed by atoms with Gasteiger partial charge in [0.05, 0.1) is 22.8 Å². The highest BCUT2D eigenvalue weighted by atomic mass is 32.2. The predicted octanol–water partition coefficient (Wildman–Crippen LogP) is 3.63. The molecule has 3 atom stereocenters. The number of benzene rings is 1. The van der Waals surface area contributed by atoms with E-state index in [1.54, 1.807) is 12.1 Å². The molecule has 0 N–H and O–H groups in total. The Bertz CT molecular complexity index is 1020. The Kier molecular flexibility index (Phi) is 5.59. The highest BCUT2D eigenvalue weighted by Gasteiger charge is 2.56. The Labute approximate surface area is 181 Å². The number of imide groups is 1. The van der Waals surface area contributed by atoms with Crippen LogP contribution in [0.2, 0.25) is 0 Å². The van der Waals surface area contributed by atoms with Crippen molar-refractivity contribution in [2.24, 2.45) is 11.8 Å². The highest BCUT2D eigenvalue weighted by Crippen LogP contribution is 2.41. The molecule has 2 fully saturated rings. The van der Waals surface area contributed by atoms with Crippen molar-refractivity contribution < 1.29 is 18.0 Å². The number of rotatable bonds is 6. The van der Waals surface area contributed by atoms with E-state index in [4.69, 9.17) is 0 Å². The number of sulfonamides is 1. The van der Waals surface area contributed by atoms with Crippen molar-refractivity contribution in [3.05, 3.63) is 52.2 Å². The van der Waals surface area contributed by atoms with Crippen LogP contribution >= 0.6 is 11.3 Å². The smallest absolute Gasteiger partial charge is 0.243 e. The first-order valence-electron chi connectivity index (χ1n) is 10.3. The van der Waals surface area contributed by atoms with Crippen molar-refractivity contribution >= 4 is 33.2 Å². The molecule has 30 heavy (non-hydrogen) atoms. The van der Waals surface area contributed by atoms with Gasteiger partial charge in [0.25, 0.3) is 0 Å². The van der Waals surface area contributed by atoms with Gasteiger partial charge in [-0.15, -0.1) is 11.3 Å². The highest BCUT2D eigenvalue weighted by molar-refractivity contribution is 7.89. The van der Waals surface area contributed by atoms with Gasteiger partial charge in [-0.1, -0.05) is 39.0 Å². The van der Waals surface area contributed by atoms with E-state index in [1.807, 2.05) is 50.4 Å². The molecule has 2 saturated heterocycles. The van der Waals surface area contributed by atoms with Crippen molar-refractivity contribution in [3.8, 4) is 0 Å². The molecule has 2 aliphatic rings. The maximum Gasteiger partial charge on any atom is 0.243 e. The van der Waals surface area contributed by atoms with E-state index >= 15 is 0 Å². The van der Waals surface area contributed by atoms with Gasteiger partial charge in [-0.2, -0.15) is 4.31 Å². The Morgan fingerprint density at radius 2 is 1.63 bits per heavy atom. The Hall–Kier alpha value is -2.03. The average molecular weight is 447 g/mol. The molecule has 3 unspecified atom stereocenters. The third-order valence-electron chi connectivity index (χ3n) is 6.15. The maximum absolute atomic E-state index is 13.1. The van der Waals surface area contributed by atoms with Crippen LogP contribution in [0.25, 0.3) is 0 Å². The summed E-state index contributed by atoms with van der Waals surface area (Å²) in [4.78, 5) is 28.8. The number of nitrogens with zero attached hydrogens (tertiary/aromatic N) is 2. The fourth-order valence-electron chi connectivity index (χ4n) is 4.40. The second kappa shape index (κ2) is 7.90. The van der Waals surface area contributed by atoms with Crippen LogP contribution < -0.4 is 0 Å². The summed E-state index contributed by atoms with van der Waals surface area (Å²) in [6.07, 6.45) is 0.641. The number of thiophene rings is 1. The first-order chi connectivity index (χ1) is 14.3. The molecule has 0 radical (unpaired) electrons. The molecule has 0 bridgehead atoms. The molecule has 1 aromatic heterocycles. The summed E-state index contributed by atoms with van der Waals surface area (Å²) in [5.74, 6) is -1.40. The SMILES string of the molecule is CCC(c1cccs1)N1C(=O)C2CN(S(=O)(=O)c3ccc(C(C)C)cc3)CC2C1=O. The number of amides is 2.